The summed E-state index contributed by atoms with van der Waals surface area (Å²) >= 11 is 0. The van der Waals surface area contributed by atoms with E-state index >= 15 is 0 Å². The Labute approximate surface area is 91.7 Å². The quantitative estimate of drug-likeness (QED) is 0.526. The lowest BCUT2D eigenvalue weighted by molar-refractivity contribution is -0.148. The first-order valence-corrected chi connectivity index (χ1v) is 6.09. The van der Waals surface area contributed by atoms with E-state index in [1.807, 2.05) is 6.92 Å². The van der Waals surface area contributed by atoms with Crippen LogP contribution in [0.15, 0.2) is 12.2 Å². The van der Waals surface area contributed by atoms with Crippen molar-refractivity contribution in [1.29, 1.82) is 0 Å². The highest BCUT2D eigenvalue weighted by atomic mass is 16.5. The van der Waals surface area contributed by atoms with Crippen molar-refractivity contribution in [2.24, 2.45) is 11.8 Å². The molecule has 2 heteroatoms. The van der Waals surface area contributed by atoms with Crippen molar-refractivity contribution < 1.29 is 9.53 Å². The Bertz CT molecular complexity index is 270. The van der Waals surface area contributed by atoms with Gasteiger partial charge >= 0.3 is 5.97 Å². The van der Waals surface area contributed by atoms with Crippen LogP contribution < -0.4 is 0 Å². The van der Waals surface area contributed by atoms with Crippen molar-refractivity contribution in [1.82, 2.24) is 0 Å². The van der Waals surface area contributed by atoms with Gasteiger partial charge in [0.25, 0.3) is 0 Å². The van der Waals surface area contributed by atoms with Crippen LogP contribution in [0.4, 0.5) is 0 Å². The summed E-state index contributed by atoms with van der Waals surface area (Å²) in [6.07, 6.45) is 7.05. The summed E-state index contributed by atoms with van der Waals surface area (Å²) in [6.45, 7) is 5.67. The zero-order valence-electron chi connectivity index (χ0n) is 9.50. The van der Waals surface area contributed by atoms with Crippen LogP contribution in [0, 0.1) is 11.8 Å². The summed E-state index contributed by atoms with van der Waals surface area (Å²) in [6, 6.07) is 0. The molecule has 0 N–H and O–H groups in total. The van der Waals surface area contributed by atoms with Gasteiger partial charge < -0.3 is 4.74 Å². The number of hydrogen-bond donors (Lipinski definition) is 0. The summed E-state index contributed by atoms with van der Waals surface area (Å²) < 4.78 is 5.54. The molecule has 0 saturated heterocycles. The fraction of sp³-hybridized carbons (Fsp3) is 0.769. The van der Waals surface area contributed by atoms with Crippen molar-refractivity contribution in [3.8, 4) is 0 Å². The average molecular weight is 208 g/mol. The van der Waals surface area contributed by atoms with E-state index in [0.717, 1.165) is 12.3 Å². The Morgan fingerprint density at radius 1 is 1.33 bits per heavy atom. The van der Waals surface area contributed by atoms with E-state index in [9.17, 15) is 4.79 Å². The van der Waals surface area contributed by atoms with E-state index in [1.54, 1.807) is 0 Å². The first-order chi connectivity index (χ1) is 7.20. The zero-order chi connectivity index (χ0) is 10.8. The molecule has 3 atom stereocenters. The van der Waals surface area contributed by atoms with Gasteiger partial charge in [-0.25, -0.2) is 4.79 Å². The standard InChI is InChI=1S/C13H20O2/c1-3-9(2)13(14)15-12-7-5-10-4-6-11(12)8-10/h10-12H,2-8H2,1H3. The predicted octanol–water partition coefficient (Wildman–Crippen LogP) is 3.07. The fourth-order valence-electron chi connectivity index (χ4n) is 2.87. The van der Waals surface area contributed by atoms with E-state index in [4.69, 9.17) is 4.74 Å². The zero-order valence-corrected chi connectivity index (χ0v) is 9.50. The molecule has 2 aliphatic rings. The van der Waals surface area contributed by atoms with Crippen molar-refractivity contribution >= 4 is 5.97 Å². The molecule has 0 aliphatic heterocycles. The molecule has 0 aromatic heterocycles. The molecule has 2 rings (SSSR count). The van der Waals surface area contributed by atoms with Crippen molar-refractivity contribution in [2.45, 2.75) is 51.6 Å². The Morgan fingerprint density at radius 2 is 2.07 bits per heavy atom. The number of fused-ring (bicyclic) bond motifs is 2. The number of hydrogen-bond acceptors (Lipinski definition) is 2. The lowest BCUT2D eigenvalue weighted by Gasteiger charge is -2.28. The molecule has 2 bridgehead atoms. The normalized spacial score (nSPS) is 33.8. The van der Waals surface area contributed by atoms with Crippen LogP contribution in [0.2, 0.25) is 0 Å². The van der Waals surface area contributed by atoms with Crippen LogP contribution in [0.5, 0.6) is 0 Å². The molecule has 0 aromatic carbocycles. The molecular formula is C13H20O2. The van der Waals surface area contributed by atoms with Crippen LogP contribution in [0.25, 0.3) is 0 Å². The Morgan fingerprint density at radius 3 is 2.80 bits per heavy atom. The smallest absolute Gasteiger partial charge is 0.333 e. The van der Waals surface area contributed by atoms with Crippen molar-refractivity contribution in [2.75, 3.05) is 0 Å². The number of esters is 1. The third kappa shape index (κ3) is 2.24. The van der Waals surface area contributed by atoms with Crippen LogP contribution in [0.1, 0.15) is 45.4 Å². The van der Waals surface area contributed by atoms with Crippen molar-refractivity contribution in [3.05, 3.63) is 12.2 Å². The first kappa shape index (κ1) is 10.7. The molecule has 84 valence electrons. The Kier molecular flexibility index (Phi) is 3.13. The minimum absolute atomic E-state index is 0.173. The predicted molar refractivity (Wildman–Crippen MR) is 59.4 cm³/mol. The number of carbonyl (C=O) groups is 1. The van der Waals surface area contributed by atoms with Crippen LogP contribution >= 0.6 is 0 Å². The molecule has 0 amide bonds. The molecular weight excluding hydrogens is 188 g/mol. The van der Waals surface area contributed by atoms with E-state index < -0.39 is 0 Å². The number of rotatable bonds is 3. The van der Waals surface area contributed by atoms with Gasteiger partial charge in [0.15, 0.2) is 0 Å². The number of ether oxygens (including phenoxy) is 1. The second kappa shape index (κ2) is 4.38. The van der Waals surface area contributed by atoms with Gasteiger partial charge in [-0.15, -0.1) is 0 Å². The summed E-state index contributed by atoms with van der Waals surface area (Å²) in [7, 11) is 0. The van der Waals surface area contributed by atoms with Crippen LogP contribution in [-0.2, 0) is 9.53 Å². The van der Waals surface area contributed by atoms with Gasteiger partial charge in [-0.3, -0.25) is 0 Å². The molecule has 3 unspecified atom stereocenters. The Balaban J connectivity index is 1.89. The third-order valence-corrected chi connectivity index (χ3v) is 3.94. The van der Waals surface area contributed by atoms with E-state index in [0.29, 0.717) is 17.9 Å². The Hall–Kier alpha value is -0.790. The fourth-order valence-corrected chi connectivity index (χ4v) is 2.87. The maximum atomic E-state index is 11.6. The summed E-state index contributed by atoms with van der Waals surface area (Å²) in [5.41, 5.74) is 0.607. The highest BCUT2D eigenvalue weighted by Crippen LogP contribution is 2.43. The summed E-state index contributed by atoms with van der Waals surface area (Å²) in [5, 5.41) is 0. The van der Waals surface area contributed by atoms with Gasteiger partial charge in [0.05, 0.1) is 0 Å². The minimum Gasteiger partial charge on any atom is -0.459 e. The minimum atomic E-state index is -0.173. The molecule has 15 heavy (non-hydrogen) atoms. The highest BCUT2D eigenvalue weighted by Gasteiger charge is 2.37. The average Bonchev–Trinajstić information content (AvgIpc) is 2.64. The highest BCUT2D eigenvalue weighted by molar-refractivity contribution is 5.87. The van der Waals surface area contributed by atoms with Gasteiger partial charge in [0, 0.05) is 5.57 Å². The maximum Gasteiger partial charge on any atom is 0.333 e. The molecule has 2 aliphatic carbocycles. The topological polar surface area (TPSA) is 26.3 Å². The molecule has 2 fully saturated rings. The van der Waals surface area contributed by atoms with Crippen LogP contribution in [-0.4, -0.2) is 12.1 Å². The summed E-state index contributed by atoms with van der Waals surface area (Å²) in [4.78, 5) is 11.6. The van der Waals surface area contributed by atoms with Gasteiger partial charge in [-0.2, -0.15) is 0 Å². The largest absolute Gasteiger partial charge is 0.459 e. The van der Waals surface area contributed by atoms with E-state index in [-0.39, 0.29) is 12.1 Å². The SMILES string of the molecule is C=C(CC)C(=O)OC1CCC2CCC1C2. The second-order valence-electron chi connectivity index (χ2n) is 4.92. The monoisotopic (exact) mass is 208 g/mol. The molecule has 0 radical (unpaired) electrons. The molecule has 0 heterocycles. The van der Waals surface area contributed by atoms with E-state index in [1.165, 1.54) is 25.7 Å². The lowest BCUT2D eigenvalue weighted by atomic mass is 9.87. The van der Waals surface area contributed by atoms with Crippen LogP contribution in [0.3, 0.4) is 0 Å². The lowest BCUT2D eigenvalue weighted by Crippen LogP contribution is -2.29. The van der Waals surface area contributed by atoms with Gasteiger partial charge in [0.1, 0.15) is 6.10 Å². The van der Waals surface area contributed by atoms with Gasteiger partial charge in [0.2, 0.25) is 0 Å². The van der Waals surface area contributed by atoms with Gasteiger partial charge in [-0.1, -0.05) is 19.9 Å². The molecule has 0 spiro atoms. The third-order valence-electron chi connectivity index (χ3n) is 3.94. The second-order valence-corrected chi connectivity index (χ2v) is 4.92. The van der Waals surface area contributed by atoms with Gasteiger partial charge in [-0.05, 0) is 43.9 Å². The molecule has 0 aromatic rings. The first-order valence-electron chi connectivity index (χ1n) is 6.09. The molecule has 2 saturated carbocycles. The maximum absolute atomic E-state index is 11.6. The summed E-state index contributed by atoms with van der Waals surface area (Å²) in [5.74, 6) is 1.38. The van der Waals surface area contributed by atoms with Crippen molar-refractivity contribution in [3.63, 3.8) is 0 Å². The number of carbonyl (C=O) groups excluding carboxylic acids is 1. The molecule has 2 nitrogen and oxygen atoms in total. The van der Waals surface area contributed by atoms with E-state index in [2.05, 4.69) is 6.58 Å².